The number of ether oxygens (including phenoxy) is 2. The molecule has 0 spiro atoms. The van der Waals surface area contributed by atoms with Gasteiger partial charge in [-0.25, -0.2) is 4.79 Å². The van der Waals surface area contributed by atoms with Crippen molar-refractivity contribution in [2.75, 3.05) is 6.54 Å². The number of benzene rings is 1. The fourth-order valence-electron chi connectivity index (χ4n) is 5.80. The molecule has 2 aliphatic carbocycles. The highest BCUT2D eigenvalue weighted by molar-refractivity contribution is 5.70. The predicted molar refractivity (Wildman–Crippen MR) is 136 cm³/mol. The zero-order chi connectivity index (χ0) is 25.9. The number of allylic oxidation sites excluding steroid dienone is 2. The van der Waals surface area contributed by atoms with Gasteiger partial charge in [0, 0.05) is 24.8 Å². The van der Waals surface area contributed by atoms with E-state index in [9.17, 15) is 19.8 Å². The van der Waals surface area contributed by atoms with Crippen LogP contribution >= 0.6 is 0 Å². The van der Waals surface area contributed by atoms with Crippen LogP contribution in [0.25, 0.3) is 0 Å². The van der Waals surface area contributed by atoms with Crippen LogP contribution in [0.15, 0.2) is 65.3 Å². The lowest BCUT2D eigenvalue weighted by Gasteiger charge is -2.42. The number of hydrogen-bond acceptors (Lipinski definition) is 6. The third-order valence-electron chi connectivity index (χ3n) is 7.68. The third kappa shape index (κ3) is 5.42. The minimum atomic E-state index is -1.35. The van der Waals surface area contributed by atoms with Gasteiger partial charge in [-0.3, -0.25) is 4.79 Å². The van der Waals surface area contributed by atoms with Crippen molar-refractivity contribution in [3.63, 3.8) is 0 Å². The van der Waals surface area contributed by atoms with Gasteiger partial charge in [-0.1, -0.05) is 55.5 Å². The van der Waals surface area contributed by atoms with Crippen molar-refractivity contribution in [1.82, 2.24) is 5.32 Å². The van der Waals surface area contributed by atoms with Gasteiger partial charge in [-0.2, -0.15) is 0 Å². The molecule has 4 unspecified atom stereocenters. The Kier molecular flexibility index (Phi) is 8.00. The Labute approximate surface area is 212 Å². The molecule has 0 radical (unpaired) electrons. The van der Waals surface area contributed by atoms with E-state index >= 15 is 0 Å². The molecule has 7 nitrogen and oxygen atoms in total. The molecule has 1 heterocycles. The monoisotopic (exact) mass is 495 g/mol. The first-order valence-electron chi connectivity index (χ1n) is 12.9. The zero-order valence-corrected chi connectivity index (χ0v) is 21.3. The van der Waals surface area contributed by atoms with Gasteiger partial charge in [0.05, 0.1) is 6.10 Å². The summed E-state index contributed by atoms with van der Waals surface area (Å²) in [7, 11) is 0. The Morgan fingerprint density at radius 1 is 1.25 bits per heavy atom. The number of fused-ring (bicyclic) bond motifs is 2. The maximum atomic E-state index is 12.8. The quantitative estimate of drug-likeness (QED) is 0.421. The van der Waals surface area contributed by atoms with Crippen molar-refractivity contribution in [1.29, 1.82) is 0 Å². The average Bonchev–Trinajstić information content (AvgIpc) is 3.23. The largest absolute Gasteiger partial charge is 0.458 e. The summed E-state index contributed by atoms with van der Waals surface area (Å²) in [6.07, 6.45) is 5.62. The van der Waals surface area contributed by atoms with Crippen LogP contribution in [-0.4, -0.2) is 52.7 Å². The third-order valence-corrected chi connectivity index (χ3v) is 7.68. The van der Waals surface area contributed by atoms with Crippen molar-refractivity contribution in [3.05, 3.63) is 70.8 Å². The first-order chi connectivity index (χ1) is 17.2. The molecule has 4 rings (SSSR count). The van der Waals surface area contributed by atoms with Gasteiger partial charge in [-0.05, 0) is 61.8 Å². The fourth-order valence-corrected chi connectivity index (χ4v) is 5.80. The molecule has 36 heavy (non-hydrogen) atoms. The fraction of sp³-hybridized carbons (Fsp3) is 0.517. The Morgan fingerprint density at radius 2 is 2.00 bits per heavy atom. The molecule has 1 amide bonds. The van der Waals surface area contributed by atoms with Crippen molar-refractivity contribution < 1.29 is 29.3 Å². The first kappa shape index (κ1) is 26.2. The van der Waals surface area contributed by atoms with Crippen molar-refractivity contribution in [2.24, 2.45) is 11.8 Å². The number of esters is 1. The summed E-state index contributed by atoms with van der Waals surface area (Å²) in [4.78, 5) is 25.2. The first-order valence-corrected chi connectivity index (χ1v) is 12.9. The maximum absolute atomic E-state index is 12.8. The molecule has 0 bridgehead atoms. The minimum absolute atomic E-state index is 0.114. The number of amides is 1. The molecule has 7 heteroatoms. The normalized spacial score (nSPS) is 32.5. The number of aliphatic hydroxyl groups is 2. The van der Waals surface area contributed by atoms with E-state index in [-0.39, 0.29) is 18.3 Å². The van der Waals surface area contributed by atoms with E-state index in [1.54, 1.807) is 6.92 Å². The summed E-state index contributed by atoms with van der Waals surface area (Å²) in [5.41, 5.74) is 2.10. The van der Waals surface area contributed by atoms with E-state index in [4.69, 9.17) is 9.47 Å². The second-order valence-corrected chi connectivity index (χ2v) is 10.2. The van der Waals surface area contributed by atoms with Crippen LogP contribution in [-0.2, 0) is 20.7 Å². The number of cyclic esters (lactones) is 1. The highest BCUT2D eigenvalue weighted by atomic mass is 16.6. The van der Waals surface area contributed by atoms with Crippen LogP contribution in [0.3, 0.4) is 0 Å². The van der Waals surface area contributed by atoms with E-state index in [1.807, 2.05) is 62.4 Å². The van der Waals surface area contributed by atoms with Gasteiger partial charge in [0.2, 0.25) is 0 Å². The number of carbonyl (C=O) groups is 2. The second-order valence-electron chi connectivity index (χ2n) is 10.2. The topological polar surface area (TPSA) is 105 Å². The van der Waals surface area contributed by atoms with E-state index in [1.165, 1.54) is 0 Å². The van der Waals surface area contributed by atoms with Gasteiger partial charge in [0.25, 0.3) is 0 Å². The summed E-state index contributed by atoms with van der Waals surface area (Å²) < 4.78 is 11.4. The highest BCUT2D eigenvalue weighted by Gasteiger charge is 2.48. The maximum Gasteiger partial charge on any atom is 0.407 e. The standard InChI is InChI=1S/C29H37NO6/c1-18-17-19(2)29(34)23(11-9-22-10-13-24(31)26(22)29)12-14-25(32)36-27(18)20(3)35-28(33)30-16-15-21-7-5-4-6-8-21/h4-9,11,17-18,20,23-24,27,31,34H,10,12-16H2,1-3H3,(H,30,33)/b19-17+/t18?,20?,23?,24-,27?,29+/m1/s1. The van der Waals surface area contributed by atoms with Crippen LogP contribution in [0.2, 0.25) is 0 Å². The Hall–Kier alpha value is -2.90. The molecule has 0 saturated carbocycles. The average molecular weight is 496 g/mol. The number of rotatable bonds is 5. The van der Waals surface area contributed by atoms with E-state index in [0.29, 0.717) is 37.0 Å². The lowest BCUT2D eigenvalue weighted by molar-refractivity contribution is -0.158. The summed E-state index contributed by atoms with van der Waals surface area (Å²) in [5.74, 6) is -1.07. The van der Waals surface area contributed by atoms with E-state index in [2.05, 4.69) is 5.32 Å². The van der Waals surface area contributed by atoms with Gasteiger partial charge < -0.3 is 25.0 Å². The zero-order valence-electron chi connectivity index (χ0n) is 21.3. The molecular weight excluding hydrogens is 458 g/mol. The van der Waals surface area contributed by atoms with Crippen LogP contribution < -0.4 is 5.32 Å². The molecule has 0 fully saturated rings. The lowest BCUT2D eigenvalue weighted by atomic mass is 9.68. The van der Waals surface area contributed by atoms with Crippen LogP contribution in [0, 0.1) is 11.8 Å². The SMILES string of the molecule is C/C1=C\C(C)C(C(C)OC(=O)NCCc2ccccc2)OC(=O)CCC2C=CC3=C([C@H](O)CC3)[C@]12O. The Morgan fingerprint density at radius 3 is 2.75 bits per heavy atom. The molecule has 3 N–H and O–H groups in total. The molecule has 194 valence electrons. The van der Waals surface area contributed by atoms with Gasteiger partial charge in [-0.15, -0.1) is 0 Å². The van der Waals surface area contributed by atoms with Crippen LogP contribution in [0.4, 0.5) is 4.79 Å². The molecule has 1 aliphatic heterocycles. The molecule has 0 saturated heterocycles. The number of hydrogen-bond donors (Lipinski definition) is 3. The molecule has 0 aromatic heterocycles. The van der Waals surface area contributed by atoms with Crippen molar-refractivity contribution in [3.8, 4) is 0 Å². The van der Waals surface area contributed by atoms with Gasteiger partial charge >= 0.3 is 12.1 Å². The number of alkyl carbamates (subject to hydrolysis) is 1. The predicted octanol–water partition coefficient (Wildman–Crippen LogP) is 4.00. The summed E-state index contributed by atoms with van der Waals surface area (Å²) in [6.45, 7) is 5.88. The lowest BCUT2D eigenvalue weighted by Crippen LogP contribution is -2.47. The summed E-state index contributed by atoms with van der Waals surface area (Å²) >= 11 is 0. The van der Waals surface area contributed by atoms with Gasteiger partial charge in [0.1, 0.15) is 17.8 Å². The minimum Gasteiger partial charge on any atom is -0.458 e. The Bertz CT molecular complexity index is 1060. The van der Waals surface area contributed by atoms with Crippen LogP contribution in [0.1, 0.15) is 52.0 Å². The number of carbonyl (C=O) groups excluding carboxylic acids is 2. The van der Waals surface area contributed by atoms with Crippen molar-refractivity contribution in [2.45, 2.75) is 76.8 Å². The van der Waals surface area contributed by atoms with Gasteiger partial charge in [0.15, 0.2) is 0 Å². The smallest absolute Gasteiger partial charge is 0.407 e. The molecule has 3 aliphatic rings. The second kappa shape index (κ2) is 11.0. The Balaban J connectivity index is 1.48. The summed E-state index contributed by atoms with van der Waals surface area (Å²) in [5, 5.41) is 25.5. The van der Waals surface area contributed by atoms with Crippen molar-refractivity contribution >= 4 is 12.1 Å². The highest BCUT2D eigenvalue weighted by Crippen LogP contribution is 2.48. The number of aliphatic hydroxyl groups excluding tert-OH is 1. The van der Waals surface area contributed by atoms with Crippen LogP contribution in [0.5, 0.6) is 0 Å². The van der Waals surface area contributed by atoms with E-state index in [0.717, 1.165) is 17.6 Å². The molecule has 1 aromatic rings. The van der Waals surface area contributed by atoms with E-state index < -0.39 is 36.0 Å². The molecular formula is C29H37NO6. The molecule has 6 atom stereocenters. The molecule has 1 aromatic carbocycles. The summed E-state index contributed by atoms with van der Waals surface area (Å²) in [6, 6.07) is 9.84. The number of nitrogens with one attached hydrogen (secondary N) is 1.